The summed E-state index contributed by atoms with van der Waals surface area (Å²) < 4.78 is 5.47. The summed E-state index contributed by atoms with van der Waals surface area (Å²) in [6.07, 6.45) is 1.42. The third kappa shape index (κ3) is 1.63. The summed E-state index contributed by atoms with van der Waals surface area (Å²) in [5.41, 5.74) is 7.30. The first-order chi connectivity index (χ1) is 7.65. The molecule has 4 nitrogen and oxygen atoms in total. The smallest absolute Gasteiger partial charge is 0.341 e. The maximum atomic E-state index is 11.4. The molecule has 0 bridgehead atoms. The first-order valence-electron chi connectivity index (χ1n) is 4.56. The third-order valence-corrected chi connectivity index (χ3v) is 2.94. The van der Waals surface area contributed by atoms with Crippen LogP contribution in [0.4, 0.5) is 5.69 Å². The Hall–Kier alpha value is -1.62. The number of benzene rings is 1. The number of rotatable bonds is 1. The van der Waals surface area contributed by atoms with Crippen LogP contribution in [0.3, 0.4) is 0 Å². The van der Waals surface area contributed by atoms with Crippen LogP contribution in [0.25, 0.3) is 10.9 Å². The Labute approximate surface area is 101 Å². The Morgan fingerprint density at radius 1 is 1.50 bits per heavy atom. The van der Waals surface area contributed by atoms with E-state index in [1.54, 1.807) is 0 Å². The second kappa shape index (κ2) is 4.09. The van der Waals surface area contributed by atoms with E-state index in [-0.39, 0.29) is 5.56 Å². The minimum atomic E-state index is -0.480. The van der Waals surface area contributed by atoms with Crippen LogP contribution in [0.5, 0.6) is 0 Å². The molecule has 82 valence electrons. The minimum absolute atomic E-state index is 0.285. The number of aromatic nitrogens is 1. The molecule has 0 unspecified atom stereocenters. The molecule has 2 rings (SSSR count). The predicted molar refractivity (Wildman–Crippen MR) is 65.2 cm³/mol. The predicted octanol–water partition coefficient (Wildman–Crippen LogP) is 2.37. The average molecular weight is 281 g/mol. The number of carbonyl (C=O) groups is 1. The molecule has 0 radical (unpaired) electrons. The molecule has 2 aromatic rings. The highest BCUT2D eigenvalue weighted by Crippen LogP contribution is 2.28. The minimum Gasteiger partial charge on any atom is -0.465 e. The van der Waals surface area contributed by atoms with Gasteiger partial charge in [-0.2, -0.15) is 0 Å². The zero-order valence-corrected chi connectivity index (χ0v) is 10.1. The van der Waals surface area contributed by atoms with Crippen LogP contribution in [0.1, 0.15) is 10.4 Å². The van der Waals surface area contributed by atoms with Crippen molar-refractivity contribution in [2.24, 2.45) is 0 Å². The van der Waals surface area contributed by atoms with Gasteiger partial charge in [0.15, 0.2) is 0 Å². The highest BCUT2D eigenvalue weighted by atomic mass is 79.9. The van der Waals surface area contributed by atoms with Crippen molar-refractivity contribution in [3.63, 3.8) is 0 Å². The molecule has 0 fully saturated rings. The van der Waals surface area contributed by atoms with Crippen molar-refractivity contribution in [2.75, 3.05) is 12.8 Å². The Morgan fingerprint density at radius 2 is 2.25 bits per heavy atom. The maximum absolute atomic E-state index is 11.4. The monoisotopic (exact) mass is 280 g/mol. The van der Waals surface area contributed by atoms with Gasteiger partial charge in [-0.25, -0.2) is 4.79 Å². The van der Waals surface area contributed by atoms with Gasteiger partial charge in [0.2, 0.25) is 0 Å². The Bertz CT molecular complexity index is 569. The van der Waals surface area contributed by atoms with Crippen molar-refractivity contribution >= 4 is 38.5 Å². The molecule has 16 heavy (non-hydrogen) atoms. The number of hydrogen-bond acceptors (Lipinski definition) is 4. The highest BCUT2D eigenvalue weighted by molar-refractivity contribution is 9.10. The Morgan fingerprint density at radius 3 is 2.94 bits per heavy atom. The van der Waals surface area contributed by atoms with E-state index in [0.717, 1.165) is 15.4 Å². The van der Waals surface area contributed by atoms with E-state index in [1.165, 1.54) is 13.3 Å². The quantitative estimate of drug-likeness (QED) is 0.815. The number of pyridine rings is 1. The van der Waals surface area contributed by atoms with Crippen LogP contribution in [-0.2, 0) is 4.74 Å². The van der Waals surface area contributed by atoms with Gasteiger partial charge < -0.3 is 10.5 Å². The van der Waals surface area contributed by atoms with Crippen molar-refractivity contribution in [3.05, 3.63) is 34.4 Å². The zero-order valence-electron chi connectivity index (χ0n) is 8.53. The van der Waals surface area contributed by atoms with Crippen LogP contribution in [0, 0.1) is 0 Å². The van der Waals surface area contributed by atoms with Gasteiger partial charge in [-0.1, -0.05) is 12.1 Å². The largest absolute Gasteiger partial charge is 0.465 e. The van der Waals surface area contributed by atoms with Crippen molar-refractivity contribution in [1.29, 1.82) is 0 Å². The molecule has 0 aliphatic rings. The van der Waals surface area contributed by atoms with Gasteiger partial charge in [-0.3, -0.25) is 4.98 Å². The lowest BCUT2D eigenvalue weighted by molar-refractivity contribution is 0.0601. The fraction of sp³-hybridized carbons (Fsp3) is 0.0909. The number of ether oxygens (including phenoxy) is 1. The van der Waals surface area contributed by atoms with Gasteiger partial charge in [-0.15, -0.1) is 0 Å². The number of methoxy groups -OCH3 is 1. The molecule has 1 aromatic heterocycles. The molecule has 0 amide bonds. The lowest BCUT2D eigenvalue weighted by Crippen LogP contribution is -2.06. The second-order valence-corrected chi connectivity index (χ2v) is 4.07. The van der Waals surface area contributed by atoms with Gasteiger partial charge in [0.25, 0.3) is 0 Å². The molecule has 5 heteroatoms. The first-order valence-corrected chi connectivity index (χ1v) is 5.35. The molecule has 1 heterocycles. The summed E-state index contributed by atoms with van der Waals surface area (Å²) in [5.74, 6) is -0.480. The normalized spacial score (nSPS) is 10.4. The number of nitrogen functional groups attached to an aromatic ring is 1. The number of hydrogen-bond donors (Lipinski definition) is 1. The van der Waals surface area contributed by atoms with Crippen LogP contribution in [0.2, 0.25) is 0 Å². The maximum Gasteiger partial charge on any atom is 0.341 e. The number of halogens is 1. The summed E-state index contributed by atoms with van der Waals surface area (Å²) >= 11 is 3.38. The van der Waals surface area contributed by atoms with Gasteiger partial charge in [-0.05, 0) is 22.0 Å². The molecule has 0 aliphatic heterocycles. The molecular formula is C11H9BrN2O2. The number of esters is 1. The van der Waals surface area contributed by atoms with Gasteiger partial charge in [0.1, 0.15) is 5.56 Å². The van der Waals surface area contributed by atoms with Crippen molar-refractivity contribution in [3.8, 4) is 0 Å². The molecule has 0 spiro atoms. The van der Waals surface area contributed by atoms with Gasteiger partial charge in [0, 0.05) is 16.1 Å². The standard InChI is InChI=1S/C11H9BrN2O2/c1-16-11(15)7-5-14-10-6(9(7)13)3-2-4-8(10)12/h2-5H,1H3,(H2,13,14). The van der Waals surface area contributed by atoms with Gasteiger partial charge >= 0.3 is 5.97 Å². The van der Waals surface area contributed by atoms with Crippen molar-refractivity contribution in [1.82, 2.24) is 4.98 Å². The summed E-state index contributed by atoms with van der Waals surface area (Å²) in [7, 11) is 1.31. The van der Waals surface area contributed by atoms with E-state index in [0.29, 0.717) is 5.69 Å². The van der Waals surface area contributed by atoms with E-state index in [9.17, 15) is 4.79 Å². The van der Waals surface area contributed by atoms with Crippen LogP contribution in [0.15, 0.2) is 28.9 Å². The van der Waals surface area contributed by atoms with Crippen LogP contribution < -0.4 is 5.73 Å². The number of anilines is 1. The lowest BCUT2D eigenvalue weighted by atomic mass is 10.1. The molecule has 1 aromatic carbocycles. The molecule has 2 N–H and O–H groups in total. The van der Waals surface area contributed by atoms with E-state index in [1.807, 2.05) is 18.2 Å². The topological polar surface area (TPSA) is 65.2 Å². The number of nitrogens with zero attached hydrogens (tertiary/aromatic N) is 1. The SMILES string of the molecule is COC(=O)c1cnc2c(Br)cccc2c1N. The highest BCUT2D eigenvalue weighted by Gasteiger charge is 2.14. The van der Waals surface area contributed by atoms with E-state index >= 15 is 0 Å². The summed E-state index contributed by atoms with van der Waals surface area (Å²) in [6, 6.07) is 5.52. The number of carbonyl (C=O) groups excluding carboxylic acids is 1. The average Bonchev–Trinajstić information content (AvgIpc) is 2.30. The fourth-order valence-corrected chi connectivity index (χ4v) is 1.95. The summed E-state index contributed by atoms with van der Waals surface area (Å²) in [6.45, 7) is 0. The van der Waals surface area contributed by atoms with Crippen LogP contribution >= 0.6 is 15.9 Å². The van der Waals surface area contributed by atoms with Crippen molar-refractivity contribution in [2.45, 2.75) is 0 Å². The molecular weight excluding hydrogens is 272 g/mol. The first kappa shape index (κ1) is 10.9. The Kier molecular flexibility index (Phi) is 2.78. The fourth-order valence-electron chi connectivity index (χ4n) is 1.48. The van der Waals surface area contributed by atoms with Gasteiger partial charge in [0.05, 0.1) is 18.3 Å². The molecule has 0 saturated heterocycles. The molecule has 0 saturated carbocycles. The third-order valence-electron chi connectivity index (χ3n) is 2.30. The van der Waals surface area contributed by atoms with E-state index in [4.69, 9.17) is 5.73 Å². The Balaban J connectivity index is 2.75. The number of para-hydroxylation sites is 1. The van der Waals surface area contributed by atoms with Crippen LogP contribution in [-0.4, -0.2) is 18.1 Å². The summed E-state index contributed by atoms with van der Waals surface area (Å²) in [5, 5.41) is 0.734. The zero-order chi connectivity index (χ0) is 11.7. The molecule has 0 atom stereocenters. The second-order valence-electron chi connectivity index (χ2n) is 3.21. The van der Waals surface area contributed by atoms with Crippen molar-refractivity contribution < 1.29 is 9.53 Å². The lowest BCUT2D eigenvalue weighted by Gasteiger charge is -2.07. The number of fused-ring (bicyclic) bond motifs is 1. The molecule has 0 aliphatic carbocycles. The van der Waals surface area contributed by atoms with E-state index < -0.39 is 5.97 Å². The van der Waals surface area contributed by atoms with E-state index in [2.05, 4.69) is 25.7 Å². The summed E-state index contributed by atoms with van der Waals surface area (Å²) in [4.78, 5) is 15.6. The number of nitrogens with two attached hydrogens (primary N) is 1.